The third-order valence-corrected chi connectivity index (χ3v) is 9.35. The Bertz CT molecular complexity index is 1050. The highest BCUT2D eigenvalue weighted by atomic mass is 32.1. The molecular formula is C26H28N2O2S. The minimum Gasteiger partial charge on any atom is -0.393 e. The van der Waals surface area contributed by atoms with Crippen molar-refractivity contribution in [3.05, 3.63) is 65.2 Å². The third kappa shape index (κ3) is 3.13. The number of aliphatic hydroxyl groups excluding tert-OH is 1. The van der Waals surface area contributed by atoms with Crippen LogP contribution >= 0.6 is 11.3 Å². The predicted molar refractivity (Wildman–Crippen MR) is 123 cm³/mol. The van der Waals surface area contributed by atoms with Gasteiger partial charge in [0.15, 0.2) is 0 Å². The smallest absolute Gasteiger partial charge is 0.221 e. The van der Waals surface area contributed by atoms with E-state index in [9.17, 15) is 9.90 Å². The molecule has 1 aromatic heterocycles. The number of nitrogens with zero attached hydrogens (tertiary/aromatic N) is 1. The molecule has 4 aliphatic carbocycles. The molecule has 2 N–H and O–H groups in total. The third-order valence-electron chi connectivity index (χ3n) is 8.31. The fourth-order valence-electron chi connectivity index (χ4n) is 7.07. The molecule has 4 aliphatic rings. The van der Waals surface area contributed by atoms with E-state index in [1.165, 1.54) is 5.56 Å². The molecule has 0 aliphatic heterocycles. The quantitative estimate of drug-likeness (QED) is 0.616. The number of benzene rings is 2. The van der Waals surface area contributed by atoms with Crippen LogP contribution in [0.25, 0.3) is 10.2 Å². The number of fused-ring (bicyclic) bond motifs is 1. The first-order valence-corrected chi connectivity index (χ1v) is 12.3. The molecule has 4 bridgehead atoms. The van der Waals surface area contributed by atoms with Crippen LogP contribution in [0.1, 0.15) is 42.7 Å². The Morgan fingerprint density at radius 2 is 1.65 bits per heavy atom. The minimum atomic E-state index is -0.130. The molecule has 1 heterocycles. The highest BCUT2D eigenvalue weighted by Crippen LogP contribution is 2.64. The van der Waals surface area contributed by atoms with E-state index in [1.807, 2.05) is 18.2 Å². The topological polar surface area (TPSA) is 62.2 Å². The van der Waals surface area contributed by atoms with Crippen molar-refractivity contribution in [2.45, 2.75) is 50.2 Å². The van der Waals surface area contributed by atoms with Crippen LogP contribution in [0, 0.1) is 23.7 Å². The molecule has 4 fully saturated rings. The Labute approximate surface area is 186 Å². The van der Waals surface area contributed by atoms with Gasteiger partial charge in [-0.05, 0) is 67.1 Å². The SMILES string of the molecule is O=C(CC1(c2ccccc2)C2CC3CC1CC(C2)C3O)NCc1nc2ccccc2s1. The molecule has 0 unspecified atom stereocenters. The van der Waals surface area contributed by atoms with Crippen LogP contribution in [-0.2, 0) is 16.8 Å². The van der Waals surface area contributed by atoms with Crippen molar-refractivity contribution in [2.75, 3.05) is 0 Å². The molecular weight excluding hydrogens is 404 g/mol. The van der Waals surface area contributed by atoms with Crippen LogP contribution in [0.5, 0.6) is 0 Å². The van der Waals surface area contributed by atoms with Crippen LogP contribution < -0.4 is 5.32 Å². The van der Waals surface area contributed by atoms with Crippen LogP contribution in [0.2, 0.25) is 0 Å². The molecule has 1 amide bonds. The summed E-state index contributed by atoms with van der Waals surface area (Å²) in [5, 5.41) is 14.8. The van der Waals surface area contributed by atoms with Gasteiger partial charge in [0.25, 0.3) is 0 Å². The Kier molecular flexibility index (Phi) is 4.65. The van der Waals surface area contributed by atoms with Gasteiger partial charge in [0.05, 0.1) is 22.9 Å². The Morgan fingerprint density at radius 1 is 1.00 bits per heavy atom. The van der Waals surface area contributed by atoms with E-state index in [0.717, 1.165) is 40.9 Å². The standard InChI is InChI=1S/C26H28N2O2S/c29-23(27-15-24-28-21-8-4-5-9-22(21)31-24)14-26(18-6-2-1-3-7-18)19-10-16-11-20(26)13-17(12-19)25(16)30/h1-9,16-17,19-20,25,30H,10-15H2,(H,27,29). The number of rotatable bonds is 5. The maximum absolute atomic E-state index is 13.3. The summed E-state index contributed by atoms with van der Waals surface area (Å²) in [4.78, 5) is 17.9. The average molecular weight is 433 g/mol. The number of carbonyl (C=O) groups excluding carboxylic acids is 1. The highest BCUT2D eigenvalue weighted by molar-refractivity contribution is 7.18. The van der Waals surface area contributed by atoms with Crippen molar-refractivity contribution in [3.63, 3.8) is 0 Å². The van der Waals surface area contributed by atoms with Crippen LogP contribution in [0.3, 0.4) is 0 Å². The lowest BCUT2D eigenvalue weighted by molar-refractivity contribution is -0.147. The number of hydrogen-bond donors (Lipinski definition) is 2. The maximum atomic E-state index is 13.3. The first-order chi connectivity index (χ1) is 15.1. The second kappa shape index (κ2) is 7.42. The monoisotopic (exact) mass is 432 g/mol. The summed E-state index contributed by atoms with van der Waals surface area (Å²) in [6.45, 7) is 0.488. The zero-order chi connectivity index (χ0) is 21.0. The molecule has 7 rings (SSSR count). The van der Waals surface area contributed by atoms with Gasteiger partial charge in [0.2, 0.25) is 5.91 Å². The van der Waals surface area contributed by atoms with Gasteiger partial charge in [-0.1, -0.05) is 42.5 Å². The van der Waals surface area contributed by atoms with E-state index in [0.29, 0.717) is 36.6 Å². The van der Waals surface area contributed by atoms with E-state index in [1.54, 1.807) is 11.3 Å². The maximum Gasteiger partial charge on any atom is 0.221 e. The van der Waals surface area contributed by atoms with Crippen molar-refractivity contribution in [1.29, 1.82) is 0 Å². The molecule has 160 valence electrons. The van der Waals surface area contributed by atoms with Gasteiger partial charge >= 0.3 is 0 Å². The molecule has 5 heteroatoms. The van der Waals surface area contributed by atoms with Gasteiger partial charge in [0, 0.05) is 11.8 Å². The number of hydrogen-bond acceptors (Lipinski definition) is 4. The zero-order valence-electron chi connectivity index (χ0n) is 17.5. The molecule has 0 atom stereocenters. The summed E-state index contributed by atoms with van der Waals surface area (Å²) in [7, 11) is 0. The molecule has 4 nitrogen and oxygen atoms in total. The average Bonchev–Trinajstić information content (AvgIpc) is 3.20. The summed E-state index contributed by atoms with van der Waals surface area (Å²) >= 11 is 1.65. The van der Waals surface area contributed by atoms with E-state index in [2.05, 4.69) is 46.7 Å². The molecule has 0 radical (unpaired) electrons. The van der Waals surface area contributed by atoms with Crippen molar-refractivity contribution < 1.29 is 9.90 Å². The van der Waals surface area contributed by atoms with Gasteiger partial charge in [-0.3, -0.25) is 4.79 Å². The van der Waals surface area contributed by atoms with Crippen LogP contribution in [0.4, 0.5) is 0 Å². The summed E-state index contributed by atoms with van der Waals surface area (Å²) in [6, 6.07) is 18.8. The lowest BCUT2D eigenvalue weighted by atomic mass is 9.42. The van der Waals surface area contributed by atoms with Gasteiger partial charge in [0.1, 0.15) is 5.01 Å². The highest BCUT2D eigenvalue weighted by Gasteiger charge is 2.60. The molecule has 3 aromatic rings. The Morgan fingerprint density at radius 3 is 2.32 bits per heavy atom. The zero-order valence-corrected chi connectivity index (χ0v) is 18.4. The fourth-order valence-corrected chi connectivity index (χ4v) is 7.98. The molecule has 0 spiro atoms. The normalized spacial score (nSPS) is 33.6. The largest absolute Gasteiger partial charge is 0.393 e. The summed E-state index contributed by atoms with van der Waals surface area (Å²) < 4.78 is 1.16. The van der Waals surface area contributed by atoms with E-state index >= 15 is 0 Å². The van der Waals surface area contributed by atoms with E-state index in [-0.39, 0.29) is 17.4 Å². The first kappa shape index (κ1) is 19.4. The number of aromatic nitrogens is 1. The van der Waals surface area contributed by atoms with Gasteiger partial charge in [-0.25, -0.2) is 4.98 Å². The minimum absolute atomic E-state index is 0.105. The number of aliphatic hydroxyl groups is 1. The fraction of sp³-hybridized carbons (Fsp3) is 0.462. The summed E-state index contributed by atoms with van der Waals surface area (Å²) in [5.41, 5.74) is 2.21. The van der Waals surface area contributed by atoms with E-state index < -0.39 is 0 Å². The molecule has 0 saturated heterocycles. The number of para-hydroxylation sites is 1. The second-order valence-electron chi connectivity index (χ2n) is 9.78. The predicted octanol–water partition coefficient (Wildman–Crippen LogP) is 4.67. The Hall–Kier alpha value is -2.24. The van der Waals surface area contributed by atoms with Gasteiger partial charge in [-0.15, -0.1) is 11.3 Å². The van der Waals surface area contributed by atoms with Gasteiger partial charge < -0.3 is 10.4 Å². The van der Waals surface area contributed by atoms with Gasteiger partial charge in [-0.2, -0.15) is 0 Å². The molecule has 4 saturated carbocycles. The second-order valence-corrected chi connectivity index (χ2v) is 10.9. The van der Waals surface area contributed by atoms with Crippen LogP contribution in [-0.4, -0.2) is 22.1 Å². The number of thiazole rings is 1. The summed E-state index contributed by atoms with van der Waals surface area (Å²) in [5.74, 6) is 1.93. The van der Waals surface area contributed by atoms with Crippen molar-refractivity contribution in [1.82, 2.24) is 10.3 Å². The molecule has 2 aromatic carbocycles. The lowest BCUT2D eigenvalue weighted by Gasteiger charge is -2.63. The lowest BCUT2D eigenvalue weighted by Crippen LogP contribution is -2.61. The first-order valence-electron chi connectivity index (χ1n) is 11.5. The van der Waals surface area contributed by atoms with Crippen molar-refractivity contribution in [3.8, 4) is 0 Å². The number of amides is 1. The molecule has 31 heavy (non-hydrogen) atoms. The summed E-state index contributed by atoms with van der Waals surface area (Å²) in [6.07, 6.45) is 4.60. The van der Waals surface area contributed by atoms with Crippen LogP contribution in [0.15, 0.2) is 54.6 Å². The number of carbonyl (C=O) groups is 1. The Balaban J connectivity index is 1.25. The number of nitrogens with one attached hydrogen (secondary N) is 1. The van der Waals surface area contributed by atoms with Crippen molar-refractivity contribution in [2.24, 2.45) is 23.7 Å². The van der Waals surface area contributed by atoms with Crippen molar-refractivity contribution >= 4 is 27.5 Å². The van der Waals surface area contributed by atoms with E-state index in [4.69, 9.17) is 0 Å².